The predicted molar refractivity (Wildman–Crippen MR) is 101 cm³/mol. The minimum Gasteiger partial charge on any atom is -0.496 e. The number of nitrogens with zero attached hydrogens (tertiary/aromatic N) is 1. The maximum Gasteiger partial charge on any atom is 0.319 e. The topological polar surface area (TPSA) is 67.6 Å². The Hall–Kier alpha value is -2.69. The zero-order chi connectivity index (χ0) is 17.8. The van der Waals surface area contributed by atoms with E-state index in [-0.39, 0.29) is 12.1 Å². The van der Waals surface area contributed by atoms with Gasteiger partial charge in [0.05, 0.1) is 12.8 Å². The summed E-state index contributed by atoms with van der Waals surface area (Å²) in [7, 11) is 1.69. The van der Waals surface area contributed by atoms with Gasteiger partial charge in [0.15, 0.2) is 0 Å². The summed E-state index contributed by atoms with van der Waals surface area (Å²) in [5.41, 5.74) is 9.78. The summed E-state index contributed by atoms with van der Waals surface area (Å²) in [6.45, 7) is 2.82. The minimum atomic E-state index is -0.389. The molecule has 0 aromatic heterocycles. The van der Waals surface area contributed by atoms with E-state index in [4.69, 9.17) is 10.5 Å². The average molecular weight is 339 g/mol. The summed E-state index contributed by atoms with van der Waals surface area (Å²) in [6, 6.07) is 14.1. The van der Waals surface area contributed by atoms with Crippen LogP contribution in [0.5, 0.6) is 5.75 Å². The van der Waals surface area contributed by atoms with Crippen LogP contribution >= 0.6 is 0 Å². The predicted octanol–water partition coefficient (Wildman–Crippen LogP) is 3.57. The number of methoxy groups -OCH3 is 1. The van der Waals surface area contributed by atoms with Gasteiger partial charge in [-0.25, -0.2) is 4.79 Å². The van der Waals surface area contributed by atoms with Crippen molar-refractivity contribution >= 4 is 17.4 Å². The third-order valence-electron chi connectivity index (χ3n) is 4.60. The fourth-order valence-corrected chi connectivity index (χ4v) is 3.43. The number of benzene rings is 2. The molecule has 1 aliphatic heterocycles. The first-order valence-corrected chi connectivity index (χ1v) is 8.67. The Balaban J connectivity index is 1.74. The first-order chi connectivity index (χ1) is 12.1. The summed E-state index contributed by atoms with van der Waals surface area (Å²) in [5.74, 6) is 0.904. The third kappa shape index (κ3) is 3.87. The Labute approximate surface area is 148 Å². The van der Waals surface area contributed by atoms with E-state index in [9.17, 15) is 4.79 Å². The summed E-state index contributed by atoms with van der Waals surface area (Å²) < 4.78 is 5.43. The molecule has 25 heavy (non-hydrogen) atoms. The van der Waals surface area contributed by atoms with Gasteiger partial charge in [-0.15, -0.1) is 0 Å². The van der Waals surface area contributed by atoms with Crippen LogP contribution in [0.2, 0.25) is 0 Å². The average Bonchev–Trinajstić information content (AvgIpc) is 2.61. The van der Waals surface area contributed by atoms with Gasteiger partial charge in [-0.1, -0.05) is 24.3 Å². The van der Waals surface area contributed by atoms with Gasteiger partial charge < -0.3 is 15.8 Å². The van der Waals surface area contributed by atoms with Crippen molar-refractivity contribution in [3.63, 3.8) is 0 Å². The van der Waals surface area contributed by atoms with Gasteiger partial charge in [0.2, 0.25) is 0 Å². The van der Waals surface area contributed by atoms with Crippen molar-refractivity contribution in [2.24, 2.45) is 5.73 Å². The molecule has 1 aliphatic rings. The van der Waals surface area contributed by atoms with Gasteiger partial charge in [0.1, 0.15) is 5.75 Å². The van der Waals surface area contributed by atoms with Crippen LogP contribution in [0.4, 0.5) is 16.2 Å². The molecule has 0 aliphatic carbocycles. The number of para-hydroxylation sites is 1. The van der Waals surface area contributed by atoms with E-state index in [1.807, 2.05) is 24.3 Å². The zero-order valence-electron chi connectivity index (χ0n) is 14.8. The molecule has 1 heterocycles. The Morgan fingerprint density at radius 1 is 1.32 bits per heavy atom. The van der Waals surface area contributed by atoms with Crippen LogP contribution in [-0.4, -0.2) is 25.7 Å². The molecule has 0 spiro atoms. The van der Waals surface area contributed by atoms with Crippen LogP contribution in [0.1, 0.15) is 24.5 Å². The Bertz CT molecular complexity index is 760. The number of fused-ring (bicyclic) bond motifs is 1. The van der Waals surface area contributed by atoms with Crippen LogP contribution < -0.4 is 20.7 Å². The number of hydrogen-bond acceptors (Lipinski definition) is 3. The molecule has 0 saturated carbocycles. The fraction of sp³-hybridized carbons (Fsp3) is 0.350. The lowest BCUT2D eigenvalue weighted by atomic mass is 10.0. The molecular formula is C20H25N3O2. The molecule has 1 atom stereocenters. The van der Waals surface area contributed by atoms with E-state index < -0.39 is 0 Å². The molecule has 0 bridgehead atoms. The highest BCUT2D eigenvalue weighted by Gasteiger charge is 2.21. The van der Waals surface area contributed by atoms with Crippen molar-refractivity contribution in [2.45, 2.75) is 32.2 Å². The number of urea groups is 1. The third-order valence-corrected chi connectivity index (χ3v) is 4.60. The maximum atomic E-state index is 11.7. The Morgan fingerprint density at radius 2 is 2.12 bits per heavy atom. The molecular weight excluding hydrogens is 314 g/mol. The van der Waals surface area contributed by atoms with E-state index in [1.165, 1.54) is 11.1 Å². The summed E-state index contributed by atoms with van der Waals surface area (Å²) >= 11 is 0. The zero-order valence-corrected chi connectivity index (χ0v) is 14.8. The van der Waals surface area contributed by atoms with Crippen molar-refractivity contribution < 1.29 is 9.53 Å². The first-order valence-electron chi connectivity index (χ1n) is 8.67. The summed E-state index contributed by atoms with van der Waals surface area (Å²) in [5, 5.41) is 3.52. The standard InChI is InChI=1S/C20H25N3O2/c1-14(12-16-6-3-4-8-19(16)25-2)22-17-10-9-15-7-5-11-23(20(21)24)18(15)13-17/h3-4,6,8-10,13-14,22H,5,7,11-12H2,1-2H3,(H2,21,24)/t14-/m0/s1. The number of aryl methyl sites for hydroxylation is 1. The van der Waals surface area contributed by atoms with Gasteiger partial charge in [-0.2, -0.15) is 0 Å². The van der Waals surface area contributed by atoms with E-state index in [0.29, 0.717) is 6.54 Å². The number of nitrogens with two attached hydrogens (primary N) is 1. The van der Waals surface area contributed by atoms with Gasteiger partial charge in [-0.3, -0.25) is 4.90 Å². The first kappa shape index (κ1) is 17.1. The number of carbonyl (C=O) groups is 1. The van der Waals surface area contributed by atoms with Crippen molar-refractivity contribution in [2.75, 3.05) is 23.9 Å². The highest BCUT2D eigenvalue weighted by Crippen LogP contribution is 2.30. The molecule has 3 N–H and O–H groups in total. The molecule has 5 nitrogen and oxygen atoms in total. The van der Waals surface area contributed by atoms with Gasteiger partial charge >= 0.3 is 6.03 Å². The lowest BCUT2D eigenvalue weighted by molar-refractivity contribution is 0.253. The number of primary amides is 1. The SMILES string of the molecule is COc1ccccc1C[C@H](C)Nc1ccc2c(c1)N(C(N)=O)CCC2. The second-order valence-corrected chi connectivity index (χ2v) is 6.50. The molecule has 132 valence electrons. The molecule has 5 heteroatoms. The maximum absolute atomic E-state index is 11.7. The van der Waals surface area contributed by atoms with Crippen molar-refractivity contribution in [1.29, 1.82) is 0 Å². The van der Waals surface area contributed by atoms with Crippen LogP contribution in [0, 0.1) is 0 Å². The highest BCUT2D eigenvalue weighted by atomic mass is 16.5. The van der Waals surface area contributed by atoms with E-state index >= 15 is 0 Å². The Kier molecular flexibility index (Phi) is 5.12. The van der Waals surface area contributed by atoms with Crippen molar-refractivity contribution in [3.05, 3.63) is 53.6 Å². The molecule has 2 aromatic carbocycles. The van der Waals surface area contributed by atoms with Crippen molar-refractivity contribution in [3.8, 4) is 5.75 Å². The largest absolute Gasteiger partial charge is 0.496 e. The van der Waals surface area contributed by atoms with Gasteiger partial charge in [0.25, 0.3) is 0 Å². The Morgan fingerprint density at radius 3 is 2.88 bits per heavy atom. The van der Waals surface area contributed by atoms with Crippen LogP contribution in [0.3, 0.4) is 0 Å². The second kappa shape index (κ2) is 7.47. The van der Waals surface area contributed by atoms with Crippen molar-refractivity contribution in [1.82, 2.24) is 0 Å². The minimum absolute atomic E-state index is 0.222. The number of hydrogen-bond donors (Lipinski definition) is 2. The van der Waals surface area contributed by atoms with E-state index in [1.54, 1.807) is 12.0 Å². The number of nitrogens with one attached hydrogen (secondary N) is 1. The fourth-order valence-electron chi connectivity index (χ4n) is 3.43. The molecule has 0 unspecified atom stereocenters. The molecule has 2 aromatic rings. The lowest BCUT2D eigenvalue weighted by Crippen LogP contribution is -2.39. The smallest absolute Gasteiger partial charge is 0.319 e. The number of carbonyl (C=O) groups excluding carboxylic acids is 1. The number of amides is 2. The summed E-state index contributed by atoms with van der Waals surface area (Å²) in [6.07, 6.45) is 2.78. The number of ether oxygens (including phenoxy) is 1. The monoisotopic (exact) mass is 339 g/mol. The van der Waals surface area contributed by atoms with Crippen LogP contribution in [0.15, 0.2) is 42.5 Å². The lowest BCUT2D eigenvalue weighted by Gasteiger charge is -2.29. The molecule has 0 radical (unpaired) electrons. The van der Waals surface area contributed by atoms with Crippen LogP contribution in [0.25, 0.3) is 0 Å². The molecule has 3 rings (SSSR count). The quantitative estimate of drug-likeness (QED) is 0.875. The molecule has 0 saturated heterocycles. The van der Waals surface area contributed by atoms with E-state index in [0.717, 1.165) is 36.4 Å². The number of rotatable bonds is 5. The van der Waals surface area contributed by atoms with Crippen LogP contribution in [-0.2, 0) is 12.8 Å². The van der Waals surface area contributed by atoms with E-state index in [2.05, 4.69) is 30.4 Å². The van der Waals surface area contributed by atoms with Gasteiger partial charge in [0, 0.05) is 18.3 Å². The normalized spacial score (nSPS) is 14.6. The highest BCUT2D eigenvalue weighted by molar-refractivity contribution is 5.92. The number of anilines is 2. The summed E-state index contributed by atoms with van der Waals surface area (Å²) in [4.78, 5) is 13.3. The second-order valence-electron chi connectivity index (χ2n) is 6.50. The van der Waals surface area contributed by atoms with Gasteiger partial charge in [-0.05, 0) is 55.5 Å². The molecule has 0 fully saturated rings. The molecule has 2 amide bonds.